The van der Waals surface area contributed by atoms with Gasteiger partial charge in [0.05, 0.1) is 0 Å². The molecule has 2 heterocycles. The molecule has 1 saturated carbocycles. The van der Waals surface area contributed by atoms with Crippen LogP contribution >= 0.6 is 0 Å². The number of carboxylic acids is 1. The molecule has 1 fully saturated rings. The summed E-state index contributed by atoms with van der Waals surface area (Å²) >= 11 is 0. The summed E-state index contributed by atoms with van der Waals surface area (Å²) in [6.07, 6.45) is 5.97. The van der Waals surface area contributed by atoms with E-state index in [0.717, 1.165) is 19.3 Å². The number of aromatic nitrogens is 2. The quantitative estimate of drug-likeness (QED) is 0.882. The highest BCUT2D eigenvalue weighted by atomic mass is 16.4. The zero-order valence-corrected chi connectivity index (χ0v) is 14.1. The van der Waals surface area contributed by atoms with Gasteiger partial charge in [0.1, 0.15) is 16.7 Å². The minimum absolute atomic E-state index is 0.151. The maximum Gasteiger partial charge on any atom is 0.329 e. The molecule has 0 atom stereocenters. The fraction of sp³-hybridized carbons (Fsp3) is 0.444. The molecule has 0 aliphatic heterocycles. The van der Waals surface area contributed by atoms with Gasteiger partial charge in [0.25, 0.3) is 11.5 Å². The van der Waals surface area contributed by atoms with E-state index >= 15 is 0 Å². The first-order valence-electron chi connectivity index (χ1n) is 8.49. The Morgan fingerprint density at radius 3 is 2.72 bits per heavy atom. The highest BCUT2D eigenvalue weighted by Gasteiger charge is 2.43. The summed E-state index contributed by atoms with van der Waals surface area (Å²) in [6.45, 7) is 2.08. The lowest BCUT2D eigenvalue weighted by Crippen LogP contribution is -2.57. The second-order valence-electron chi connectivity index (χ2n) is 6.60. The van der Waals surface area contributed by atoms with E-state index in [1.54, 1.807) is 18.2 Å². The summed E-state index contributed by atoms with van der Waals surface area (Å²) in [5, 5.41) is 12.3. The van der Waals surface area contributed by atoms with Gasteiger partial charge in [-0.05, 0) is 43.7 Å². The van der Waals surface area contributed by atoms with E-state index in [2.05, 4.69) is 17.2 Å². The smallest absolute Gasteiger partial charge is 0.329 e. The first kappa shape index (κ1) is 17.1. The van der Waals surface area contributed by atoms with E-state index in [1.165, 1.54) is 16.8 Å². The lowest BCUT2D eigenvalue weighted by molar-refractivity contribution is -0.146. The molecule has 25 heavy (non-hydrogen) atoms. The van der Waals surface area contributed by atoms with Crippen molar-refractivity contribution in [2.75, 3.05) is 0 Å². The van der Waals surface area contributed by atoms with E-state index in [0.29, 0.717) is 24.4 Å². The van der Waals surface area contributed by atoms with Crippen molar-refractivity contribution in [3.63, 3.8) is 0 Å². The Balaban J connectivity index is 1.89. The van der Waals surface area contributed by atoms with Crippen molar-refractivity contribution in [1.29, 1.82) is 0 Å². The van der Waals surface area contributed by atoms with Crippen molar-refractivity contribution < 1.29 is 14.7 Å². The van der Waals surface area contributed by atoms with Crippen LogP contribution in [0.25, 0.3) is 5.65 Å². The first-order valence-corrected chi connectivity index (χ1v) is 8.49. The van der Waals surface area contributed by atoms with Gasteiger partial charge in [0.15, 0.2) is 0 Å². The summed E-state index contributed by atoms with van der Waals surface area (Å²) in [5.74, 6) is -1.25. The van der Waals surface area contributed by atoms with Gasteiger partial charge < -0.3 is 10.4 Å². The summed E-state index contributed by atoms with van der Waals surface area (Å²) < 4.78 is 1.27. The van der Waals surface area contributed by atoms with Crippen molar-refractivity contribution in [2.45, 2.75) is 44.6 Å². The molecule has 1 aliphatic rings. The number of fused-ring (bicyclic) bond motifs is 1. The summed E-state index contributed by atoms with van der Waals surface area (Å²) in [6, 6.07) is 5.07. The molecule has 3 rings (SSSR count). The molecule has 0 unspecified atom stereocenters. The Kier molecular flexibility index (Phi) is 4.57. The van der Waals surface area contributed by atoms with Gasteiger partial charge in [-0.1, -0.05) is 19.4 Å². The predicted molar refractivity (Wildman–Crippen MR) is 91.5 cm³/mol. The van der Waals surface area contributed by atoms with E-state index in [9.17, 15) is 19.5 Å². The minimum Gasteiger partial charge on any atom is -0.480 e. The Morgan fingerprint density at radius 2 is 2.08 bits per heavy atom. The lowest BCUT2D eigenvalue weighted by Gasteiger charge is -2.37. The van der Waals surface area contributed by atoms with Gasteiger partial charge in [0, 0.05) is 12.4 Å². The Morgan fingerprint density at radius 1 is 1.36 bits per heavy atom. The SMILES string of the molecule is CCC1CCC(NC(=O)c2cnc3ccccn3c2=O)(C(=O)O)CC1. The maximum atomic E-state index is 12.6. The fourth-order valence-electron chi connectivity index (χ4n) is 3.44. The van der Waals surface area contributed by atoms with Crippen molar-refractivity contribution >= 4 is 17.5 Å². The summed E-state index contributed by atoms with van der Waals surface area (Å²) in [5.41, 5.74) is -1.54. The van der Waals surface area contributed by atoms with Crippen molar-refractivity contribution in [3.8, 4) is 0 Å². The zero-order chi connectivity index (χ0) is 18.0. The third kappa shape index (κ3) is 3.14. The molecular weight excluding hydrogens is 322 g/mol. The van der Waals surface area contributed by atoms with E-state index < -0.39 is 23.0 Å². The molecule has 0 bridgehead atoms. The monoisotopic (exact) mass is 343 g/mol. The van der Waals surface area contributed by atoms with Crippen LogP contribution in [0.1, 0.15) is 49.4 Å². The van der Waals surface area contributed by atoms with Crippen molar-refractivity contribution in [3.05, 3.63) is 46.5 Å². The van der Waals surface area contributed by atoms with E-state index in [4.69, 9.17) is 0 Å². The maximum absolute atomic E-state index is 12.6. The molecule has 1 aliphatic carbocycles. The third-order valence-electron chi connectivity index (χ3n) is 5.16. The van der Waals surface area contributed by atoms with Crippen LogP contribution in [0.15, 0.2) is 35.4 Å². The van der Waals surface area contributed by atoms with Crippen LogP contribution in [-0.4, -0.2) is 31.9 Å². The second kappa shape index (κ2) is 6.66. The molecule has 7 heteroatoms. The third-order valence-corrected chi connectivity index (χ3v) is 5.16. The Hall–Kier alpha value is -2.70. The second-order valence-corrected chi connectivity index (χ2v) is 6.60. The zero-order valence-electron chi connectivity index (χ0n) is 14.1. The van der Waals surface area contributed by atoms with Gasteiger partial charge >= 0.3 is 5.97 Å². The van der Waals surface area contributed by atoms with Gasteiger partial charge in [-0.25, -0.2) is 9.78 Å². The number of amides is 1. The molecule has 0 saturated heterocycles. The Bertz CT molecular complexity index is 866. The van der Waals surface area contributed by atoms with Crippen LogP contribution in [0, 0.1) is 5.92 Å². The molecule has 2 N–H and O–H groups in total. The average molecular weight is 343 g/mol. The van der Waals surface area contributed by atoms with Gasteiger partial charge in [-0.3, -0.25) is 14.0 Å². The lowest BCUT2D eigenvalue weighted by atomic mass is 9.75. The molecule has 7 nitrogen and oxygen atoms in total. The van der Waals surface area contributed by atoms with E-state index in [1.807, 2.05) is 0 Å². The predicted octanol–water partition coefficient (Wildman–Crippen LogP) is 1.85. The number of nitrogens with zero attached hydrogens (tertiary/aromatic N) is 2. The molecule has 2 aromatic rings. The number of hydrogen-bond donors (Lipinski definition) is 2. The Labute approximate surface area is 144 Å². The van der Waals surface area contributed by atoms with Crippen LogP contribution in [0.5, 0.6) is 0 Å². The standard InChI is InChI=1S/C18H21N3O4/c1-2-12-6-8-18(9-7-12,17(24)25)20-15(22)13-11-19-14-5-3-4-10-21(14)16(13)23/h3-5,10-12H,2,6-9H2,1H3,(H,20,22)(H,24,25). The minimum atomic E-state index is -1.31. The van der Waals surface area contributed by atoms with Crippen LogP contribution in [-0.2, 0) is 4.79 Å². The molecule has 2 aromatic heterocycles. The number of aliphatic carboxylic acids is 1. The van der Waals surface area contributed by atoms with Crippen LogP contribution in [0.3, 0.4) is 0 Å². The van der Waals surface area contributed by atoms with Gasteiger partial charge in [-0.2, -0.15) is 0 Å². The molecule has 0 radical (unpaired) electrons. The molecular formula is C18H21N3O4. The number of carbonyl (C=O) groups excluding carboxylic acids is 1. The fourth-order valence-corrected chi connectivity index (χ4v) is 3.44. The average Bonchev–Trinajstić information content (AvgIpc) is 2.62. The van der Waals surface area contributed by atoms with E-state index in [-0.39, 0.29) is 5.56 Å². The first-order chi connectivity index (χ1) is 12.0. The molecule has 0 aromatic carbocycles. The number of carbonyl (C=O) groups is 2. The number of hydrogen-bond acceptors (Lipinski definition) is 4. The van der Waals surface area contributed by atoms with Gasteiger partial charge in [0.2, 0.25) is 0 Å². The van der Waals surface area contributed by atoms with Crippen LogP contribution in [0.2, 0.25) is 0 Å². The normalized spacial score (nSPS) is 23.3. The van der Waals surface area contributed by atoms with Crippen LogP contribution in [0.4, 0.5) is 0 Å². The summed E-state index contributed by atoms with van der Waals surface area (Å²) in [4.78, 5) is 41.0. The van der Waals surface area contributed by atoms with Gasteiger partial charge in [-0.15, -0.1) is 0 Å². The van der Waals surface area contributed by atoms with Crippen molar-refractivity contribution in [1.82, 2.24) is 14.7 Å². The largest absolute Gasteiger partial charge is 0.480 e. The van der Waals surface area contributed by atoms with Crippen molar-refractivity contribution in [2.24, 2.45) is 5.92 Å². The number of pyridine rings is 1. The molecule has 1 amide bonds. The number of nitrogens with one attached hydrogen (secondary N) is 1. The number of carboxylic acid groups (broad SMARTS) is 1. The topological polar surface area (TPSA) is 101 Å². The molecule has 132 valence electrons. The summed E-state index contributed by atoms with van der Waals surface area (Å²) in [7, 11) is 0. The number of rotatable bonds is 4. The highest BCUT2D eigenvalue weighted by molar-refractivity contribution is 5.97. The molecule has 0 spiro atoms. The highest BCUT2D eigenvalue weighted by Crippen LogP contribution is 2.34. The van der Waals surface area contributed by atoms with Crippen LogP contribution < -0.4 is 10.9 Å².